The third-order valence-corrected chi connectivity index (χ3v) is 7.07. The minimum absolute atomic E-state index is 0.0118. The Kier molecular flexibility index (Phi) is 3.68. The van der Waals surface area contributed by atoms with E-state index in [1.807, 2.05) is 30.3 Å². The van der Waals surface area contributed by atoms with Crippen LogP contribution in [0.4, 0.5) is 5.69 Å². The third-order valence-electron chi connectivity index (χ3n) is 6.10. The summed E-state index contributed by atoms with van der Waals surface area (Å²) in [6, 6.07) is 14.3. The molecule has 28 heavy (non-hydrogen) atoms. The first-order valence-electron chi connectivity index (χ1n) is 9.65. The van der Waals surface area contributed by atoms with E-state index in [9.17, 15) is 4.79 Å². The first kappa shape index (κ1) is 17.4. The molecule has 5 rings (SSSR count). The maximum absolute atomic E-state index is 13.0. The zero-order valence-corrected chi connectivity index (χ0v) is 17.4. The number of para-hydroxylation sites is 2. The SMILES string of the molecule is CC1CC(C)(C)N(C)c2ccc(/C=c3/sc4nc5ccccc5n4c3=O)cc21. The number of rotatable bonds is 1. The van der Waals surface area contributed by atoms with E-state index in [0.29, 0.717) is 5.92 Å². The van der Waals surface area contributed by atoms with E-state index in [0.717, 1.165) is 32.5 Å². The highest BCUT2D eigenvalue weighted by Gasteiger charge is 2.33. The summed E-state index contributed by atoms with van der Waals surface area (Å²) < 4.78 is 2.45. The van der Waals surface area contributed by atoms with Gasteiger partial charge in [-0.15, -0.1) is 0 Å². The molecule has 5 heteroatoms. The average molecular weight is 390 g/mol. The van der Waals surface area contributed by atoms with Crippen molar-refractivity contribution in [3.05, 3.63) is 68.5 Å². The van der Waals surface area contributed by atoms with Gasteiger partial charge in [0.25, 0.3) is 5.56 Å². The number of benzene rings is 2. The van der Waals surface area contributed by atoms with Gasteiger partial charge in [-0.3, -0.25) is 4.79 Å². The first-order valence-corrected chi connectivity index (χ1v) is 10.5. The van der Waals surface area contributed by atoms with Crippen LogP contribution in [0.1, 0.15) is 44.2 Å². The van der Waals surface area contributed by atoms with Crippen LogP contribution in [0.3, 0.4) is 0 Å². The largest absolute Gasteiger partial charge is 0.369 e. The lowest BCUT2D eigenvalue weighted by Crippen LogP contribution is -2.45. The fraction of sp³-hybridized carbons (Fsp3) is 0.304. The Labute approximate surface area is 167 Å². The highest BCUT2D eigenvalue weighted by atomic mass is 32.1. The molecule has 1 aliphatic rings. The molecule has 0 fully saturated rings. The number of aromatic nitrogens is 2. The third kappa shape index (κ3) is 2.49. The maximum Gasteiger partial charge on any atom is 0.274 e. The topological polar surface area (TPSA) is 37.6 Å². The molecule has 2 aromatic heterocycles. The minimum atomic E-state index is 0.0118. The number of nitrogens with zero attached hydrogens (tertiary/aromatic N) is 3. The van der Waals surface area contributed by atoms with Gasteiger partial charge in [0.05, 0.1) is 15.6 Å². The number of thiazole rings is 1. The lowest BCUT2D eigenvalue weighted by atomic mass is 9.80. The lowest BCUT2D eigenvalue weighted by Gasteiger charge is -2.45. The van der Waals surface area contributed by atoms with Crippen LogP contribution in [0.15, 0.2) is 47.3 Å². The molecular weight excluding hydrogens is 366 g/mol. The second-order valence-electron chi connectivity index (χ2n) is 8.43. The van der Waals surface area contributed by atoms with Crippen LogP contribution in [-0.4, -0.2) is 22.0 Å². The van der Waals surface area contributed by atoms with Gasteiger partial charge in [-0.1, -0.05) is 36.5 Å². The van der Waals surface area contributed by atoms with Crippen molar-refractivity contribution in [1.29, 1.82) is 0 Å². The predicted molar refractivity (Wildman–Crippen MR) is 118 cm³/mol. The van der Waals surface area contributed by atoms with Crippen molar-refractivity contribution in [3.63, 3.8) is 0 Å². The number of hydrogen-bond donors (Lipinski definition) is 0. The molecule has 1 atom stereocenters. The number of hydrogen-bond acceptors (Lipinski definition) is 4. The summed E-state index contributed by atoms with van der Waals surface area (Å²) >= 11 is 1.46. The molecule has 0 spiro atoms. The van der Waals surface area contributed by atoms with Gasteiger partial charge in [0.1, 0.15) is 0 Å². The molecule has 4 nitrogen and oxygen atoms in total. The summed E-state index contributed by atoms with van der Waals surface area (Å²) in [5.74, 6) is 0.492. The summed E-state index contributed by atoms with van der Waals surface area (Å²) in [5, 5.41) is 0. The highest BCUT2D eigenvalue weighted by molar-refractivity contribution is 7.15. The highest BCUT2D eigenvalue weighted by Crippen LogP contribution is 2.42. The van der Waals surface area contributed by atoms with Crippen LogP contribution in [-0.2, 0) is 0 Å². The second-order valence-corrected chi connectivity index (χ2v) is 9.44. The fourth-order valence-corrected chi connectivity index (χ4v) is 5.44. The van der Waals surface area contributed by atoms with E-state index in [1.54, 1.807) is 4.40 Å². The van der Waals surface area contributed by atoms with Crippen LogP contribution < -0.4 is 15.0 Å². The second kappa shape index (κ2) is 5.92. The van der Waals surface area contributed by atoms with Gasteiger partial charge in [-0.25, -0.2) is 9.38 Å². The quantitative estimate of drug-likeness (QED) is 0.490. The molecule has 1 unspecified atom stereocenters. The molecule has 2 aromatic carbocycles. The molecule has 3 heterocycles. The summed E-state index contributed by atoms with van der Waals surface area (Å²) in [6.07, 6.45) is 3.12. The zero-order chi connectivity index (χ0) is 19.6. The first-order chi connectivity index (χ1) is 13.3. The van der Waals surface area contributed by atoms with E-state index in [2.05, 4.69) is 55.9 Å². The monoisotopic (exact) mass is 389 g/mol. The summed E-state index contributed by atoms with van der Waals surface area (Å²) in [7, 11) is 2.17. The summed E-state index contributed by atoms with van der Waals surface area (Å²) in [4.78, 5) is 20.7. The molecular formula is C23H23N3OS. The van der Waals surface area contributed by atoms with E-state index < -0.39 is 0 Å². The standard InChI is InChI=1S/C23H23N3OS/c1-14-13-23(2,3)25(4)18-10-9-15(11-16(14)18)12-20-21(27)26-19-8-6-5-7-17(19)24-22(26)28-20/h5-12,14H,13H2,1-4H3/b20-12+. The van der Waals surface area contributed by atoms with Crippen molar-refractivity contribution in [2.75, 3.05) is 11.9 Å². The number of imidazole rings is 1. The van der Waals surface area contributed by atoms with Crippen molar-refractivity contribution in [2.45, 2.75) is 38.6 Å². The van der Waals surface area contributed by atoms with Crippen LogP contribution in [0.5, 0.6) is 0 Å². The van der Waals surface area contributed by atoms with Gasteiger partial charge in [0.2, 0.25) is 0 Å². The molecule has 4 aromatic rings. The molecule has 0 bridgehead atoms. The van der Waals surface area contributed by atoms with Crippen molar-refractivity contribution in [2.24, 2.45) is 0 Å². The summed E-state index contributed by atoms with van der Waals surface area (Å²) in [6.45, 7) is 6.88. The Morgan fingerprint density at radius 3 is 2.82 bits per heavy atom. The normalized spacial score (nSPS) is 19.5. The molecule has 1 aliphatic heterocycles. The molecule has 0 amide bonds. The van der Waals surface area contributed by atoms with E-state index in [-0.39, 0.29) is 11.1 Å². The Bertz CT molecular complexity index is 1330. The minimum Gasteiger partial charge on any atom is -0.369 e. The molecule has 0 saturated carbocycles. The molecule has 0 N–H and O–H groups in total. The van der Waals surface area contributed by atoms with Crippen molar-refractivity contribution in [1.82, 2.24) is 9.38 Å². The average Bonchev–Trinajstić information content (AvgIpc) is 3.16. The van der Waals surface area contributed by atoms with Gasteiger partial charge in [-0.2, -0.15) is 0 Å². The lowest BCUT2D eigenvalue weighted by molar-refractivity contribution is 0.395. The van der Waals surface area contributed by atoms with Gasteiger partial charge in [0.15, 0.2) is 4.96 Å². The van der Waals surface area contributed by atoms with Crippen LogP contribution in [0.2, 0.25) is 0 Å². The molecule has 0 radical (unpaired) electrons. The fourth-order valence-electron chi connectivity index (χ4n) is 4.45. The number of fused-ring (bicyclic) bond motifs is 4. The zero-order valence-electron chi connectivity index (χ0n) is 16.6. The van der Waals surface area contributed by atoms with Crippen LogP contribution in [0, 0.1) is 0 Å². The van der Waals surface area contributed by atoms with E-state index in [1.165, 1.54) is 22.6 Å². The molecule has 142 valence electrons. The van der Waals surface area contributed by atoms with Gasteiger partial charge < -0.3 is 4.90 Å². The van der Waals surface area contributed by atoms with Crippen molar-refractivity contribution < 1.29 is 0 Å². The Hall–Kier alpha value is -2.66. The Balaban J connectivity index is 1.65. The smallest absolute Gasteiger partial charge is 0.274 e. The van der Waals surface area contributed by atoms with E-state index in [4.69, 9.17) is 0 Å². The van der Waals surface area contributed by atoms with Gasteiger partial charge in [-0.05, 0) is 67.7 Å². The van der Waals surface area contributed by atoms with Crippen molar-refractivity contribution >= 4 is 39.1 Å². The van der Waals surface area contributed by atoms with Gasteiger partial charge >= 0.3 is 0 Å². The Morgan fingerprint density at radius 2 is 2.00 bits per heavy atom. The number of anilines is 1. The Morgan fingerprint density at radius 1 is 1.21 bits per heavy atom. The van der Waals surface area contributed by atoms with Crippen LogP contribution in [0.25, 0.3) is 22.1 Å². The summed E-state index contributed by atoms with van der Waals surface area (Å²) in [5.41, 5.74) is 5.62. The predicted octanol–water partition coefficient (Wildman–Crippen LogP) is 4.18. The molecule has 0 saturated heterocycles. The van der Waals surface area contributed by atoms with Gasteiger partial charge in [0, 0.05) is 18.3 Å². The maximum atomic E-state index is 13.0. The van der Waals surface area contributed by atoms with Crippen molar-refractivity contribution in [3.8, 4) is 0 Å². The van der Waals surface area contributed by atoms with E-state index >= 15 is 0 Å². The van der Waals surface area contributed by atoms with Crippen LogP contribution >= 0.6 is 11.3 Å². The molecule has 0 aliphatic carbocycles.